The van der Waals surface area contributed by atoms with Crippen molar-refractivity contribution in [3.8, 4) is 5.75 Å². The zero-order chi connectivity index (χ0) is 12.3. The molecule has 0 heterocycles. The van der Waals surface area contributed by atoms with E-state index in [2.05, 4.69) is 19.1 Å². The van der Waals surface area contributed by atoms with Gasteiger partial charge in [0, 0.05) is 0 Å². The number of carbonyl (C=O) groups excluding carboxylic acids is 1. The van der Waals surface area contributed by atoms with E-state index >= 15 is 0 Å². The number of hydrogen-bond donors (Lipinski definition) is 1. The molecule has 3 nitrogen and oxygen atoms in total. The fraction of sp³-hybridized carbons (Fsp3) is 0.500. The summed E-state index contributed by atoms with van der Waals surface area (Å²) in [6, 6.07) is 8.03. The Morgan fingerprint density at radius 1 is 1.35 bits per heavy atom. The Kier molecular flexibility index (Phi) is 3.67. The molecule has 0 bridgehead atoms. The summed E-state index contributed by atoms with van der Waals surface area (Å²) in [6.07, 6.45) is 3.88. The molecular weight excluding hydrogens is 214 g/mol. The molecule has 1 aromatic rings. The van der Waals surface area contributed by atoms with Gasteiger partial charge in [-0.3, -0.25) is 4.79 Å². The lowest BCUT2D eigenvalue weighted by atomic mass is 9.97. The summed E-state index contributed by atoms with van der Waals surface area (Å²) < 4.78 is 5.23. The predicted molar refractivity (Wildman–Crippen MR) is 66.9 cm³/mol. The molecule has 92 valence electrons. The minimum Gasteiger partial charge on any atom is -0.484 e. The highest BCUT2D eigenvalue weighted by atomic mass is 16.5. The second kappa shape index (κ2) is 5.21. The Hall–Kier alpha value is -1.51. The maximum absolute atomic E-state index is 10.6. The third kappa shape index (κ3) is 3.22. The van der Waals surface area contributed by atoms with Crippen molar-refractivity contribution in [1.82, 2.24) is 0 Å². The van der Waals surface area contributed by atoms with Gasteiger partial charge in [-0.15, -0.1) is 0 Å². The maximum Gasteiger partial charge on any atom is 0.255 e. The Labute approximate surface area is 102 Å². The van der Waals surface area contributed by atoms with Gasteiger partial charge >= 0.3 is 0 Å². The van der Waals surface area contributed by atoms with Crippen molar-refractivity contribution in [3.05, 3.63) is 29.8 Å². The number of amides is 1. The van der Waals surface area contributed by atoms with E-state index in [9.17, 15) is 4.79 Å². The van der Waals surface area contributed by atoms with Gasteiger partial charge < -0.3 is 10.5 Å². The van der Waals surface area contributed by atoms with Crippen molar-refractivity contribution in [1.29, 1.82) is 0 Å². The number of carbonyl (C=O) groups is 1. The van der Waals surface area contributed by atoms with Crippen LogP contribution in [0.1, 0.15) is 37.7 Å². The number of primary amides is 1. The molecule has 3 heteroatoms. The van der Waals surface area contributed by atoms with Crippen LogP contribution in [0.15, 0.2) is 24.3 Å². The molecule has 0 aliphatic heterocycles. The van der Waals surface area contributed by atoms with E-state index in [0.29, 0.717) is 11.7 Å². The first-order chi connectivity index (χ1) is 8.15. The highest BCUT2D eigenvalue weighted by molar-refractivity contribution is 5.75. The number of rotatable bonds is 4. The van der Waals surface area contributed by atoms with Crippen LogP contribution in [-0.4, -0.2) is 12.5 Å². The normalized spacial score (nSPS) is 23.6. The highest BCUT2D eigenvalue weighted by Crippen LogP contribution is 2.38. The molecule has 1 unspecified atom stereocenters. The average molecular weight is 233 g/mol. The van der Waals surface area contributed by atoms with Crippen LogP contribution in [0.3, 0.4) is 0 Å². The second-order valence-corrected chi connectivity index (χ2v) is 4.94. The summed E-state index contributed by atoms with van der Waals surface area (Å²) in [5, 5.41) is 0. The van der Waals surface area contributed by atoms with Gasteiger partial charge in [0.05, 0.1) is 0 Å². The third-order valence-corrected chi connectivity index (χ3v) is 3.43. The monoisotopic (exact) mass is 233 g/mol. The lowest BCUT2D eigenvalue weighted by Gasteiger charge is -2.11. The lowest BCUT2D eigenvalue weighted by molar-refractivity contribution is -0.119. The van der Waals surface area contributed by atoms with Gasteiger partial charge in [-0.05, 0) is 42.4 Å². The standard InChI is InChI=1S/C14H19NO2/c1-10-2-3-12(8-10)11-4-6-13(7-5-11)17-9-14(15)16/h4-7,10,12H,2-3,8-9H2,1H3,(H2,15,16)/t10?,12-/m1/s1. The first-order valence-electron chi connectivity index (χ1n) is 6.16. The van der Waals surface area contributed by atoms with Crippen molar-refractivity contribution in [2.75, 3.05) is 6.61 Å². The number of ether oxygens (including phenoxy) is 1. The summed E-state index contributed by atoms with van der Waals surface area (Å²) in [7, 11) is 0. The average Bonchev–Trinajstić information content (AvgIpc) is 2.74. The van der Waals surface area contributed by atoms with Crippen molar-refractivity contribution in [3.63, 3.8) is 0 Å². The van der Waals surface area contributed by atoms with Crippen LogP contribution < -0.4 is 10.5 Å². The van der Waals surface area contributed by atoms with Gasteiger partial charge in [0.2, 0.25) is 0 Å². The Morgan fingerprint density at radius 2 is 2.06 bits per heavy atom. The summed E-state index contributed by atoms with van der Waals surface area (Å²) in [5.41, 5.74) is 6.40. The van der Waals surface area contributed by atoms with E-state index in [1.165, 1.54) is 24.8 Å². The van der Waals surface area contributed by atoms with Crippen LogP contribution in [-0.2, 0) is 4.79 Å². The zero-order valence-corrected chi connectivity index (χ0v) is 10.2. The van der Waals surface area contributed by atoms with Gasteiger partial charge in [-0.25, -0.2) is 0 Å². The Bertz CT molecular complexity index is 386. The molecule has 2 rings (SSSR count). The smallest absolute Gasteiger partial charge is 0.255 e. The van der Waals surface area contributed by atoms with Crippen LogP contribution in [0.2, 0.25) is 0 Å². The number of benzene rings is 1. The fourth-order valence-electron chi connectivity index (χ4n) is 2.50. The molecule has 17 heavy (non-hydrogen) atoms. The lowest BCUT2D eigenvalue weighted by Crippen LogP contribution is -2.19. The fourth-order valence-corrected chi connectivity index (χ4v) is 2.50. The van der Waals surface area contributed by atoms with E-state index in [1.54, 1.807) is 0 Å². The molecule has 0 saturated heterocycles. The predicted octanol–water partition coefficient (Wildman–Crippen LogP) is 2.45. The summed E-state index contributed by atoms with van der Waals surface area (Å²) in [5.74, 6) is 1.79. The van der Waals surface area contributed by atoms with E-state index in [1.807, 2.05) is 12.1 Å². The van der Waals surface area contributed by atoms with Crippen molar-refractivity contribution < 1.29 is 9.53 Å². The second-order valence-electron chi connectivity index (χ2n) is 4.94. The van der Waals surface area contributed by atoms with Gasteiger partial charge in [0.15, 0.2) is 6.61 Å². The number of nitrogens with two attached hydrogens (primary N) is 1. The Balaban J connectivity index is 1.95. The maximum atomic E-state index is 10.6. The van der Waals surface area contributed by atoms with Crippen molar-refractivity contribution >= 4 is 5.91 Å². The van der Waals surface area contributed by atoms with Crippen molar-refractivity contribution in [2.24, 2.45) is 11.7 Å². The summed E-state index contributed by atoms with van der Waals surface area (Å²) in [6.45, 7) is 2.25. The molecule has 0 radical (unpaired) electrons. The van der Waals surface area contributed by atoms with Crippen LogP contribution in [0.25, 0.3) is 0 Å². The van der Waals surface area contributed by atoms with Gasteiger partial charge in [-0.2, -0.15) is 0 Å². The first-order valence-corrected chi connectivity index (χ1v) is 6.16. The number of hydrogen-bond acceptors (Lipinski definition) is 2. The molecule has 2 N–H and O–H groups in total. The van der Waals surface area contributed by atoms with Crippen LogP contribution in [0, 0.1) is 5.92 Å². The van der Waals surface area contributed by atoms with Crippen LogP contribution in [0.4, 0.5) is 0 Å². The molecule has 1 saturated carbocycles. The molecular formula is C14H19NO2. The molecule has 0 aromatic heterocycles. The minimum atomic E-state index is -0.446. The Morgan fingerprint density at radius 3 is 2.59 bits per heavy atom. The third-order valence-electron chi connectivity index (χ3n) is 3.43. The van der Waals surface area contributed by atoms with Gasteiger partial charge in [0.1, 0.15) is 5.75 Å². The quantitative estimate of drug-likeness (QED) is 0.868. The molecule has 1 aromatic carbocycles. The van der Waals surface area contributed by atoms with Crippen LogP contribution >= 0.6 is 0 Å². The van der Waals surface area contributed by atoms with E-state index in [0.717, 1.165) is 5.92 Å². The molecule has 1 fully saturated rings. The molecule has 1 amide bonds. The zero-order valence-electron chi connectivity index (χ0n) is 10.2. The van der Waals surface area contributed by atoms with Crippen LogP contribution in [0.5, 0.6) is 5.75 Å². The topological polar surface area (TPSA) is 52.3 Å². The highest BCUT2D eigenvalue weighted by Gasteiger charge is 2.22. The van der Waals surface area contributed by atoms with E-state index in [-0.39, 0.29) is 6.61 Å². The first kappa shape index (κ1) is 12.0. The minimum absolute atomic E-state index is 0.0557. The van der Waals surface area contributed by atoms with E-state index < -0.39 is 5.91 Å². The molecule has 0 spiro atoms. The van der Waals surface area contributed by atoms with Gasteiger partial charge in [-0.1, -0.05) is 25.5 Å². The molecule has 1 aliphatic rings. The molecule has 2 atom stereocenters. The summed E-state index contributed by atoms with van der Waals surface area (Å²) in [4.78, 5) is 10.6. The van der Waals surface area contributed by atoms with Gasteiger partial charge in [0.25, 0.3) is 5.91 Å². The SMILES string of the molecule is CC1CC[C@@H](c2ccc(OCC(N)=O)cc2)C1. The van der Waals surface area contributed by atoms with E-state index in [4.69, 9.17) is 10.5 Å². The largest absolute Gasteiger partial charge is 0.484 e. The summed E-state index contributed by atoms with van der Waals surface area (Å²) >= 11 is 0. The molecule has 1 aliphatic carbocycles. The van der Waals surface area contributed by atoms with Crippen molar-refractivity contribution in [2.45, 2.75) is 32.1 Å².